The Morgan fingerprint density at radius 1 is 0.450 bits per heavy atom. The number of hydrogen-bond acceptors (Lipinski definition) is 4. The van der Waals surface area contributed by atoms with Gasteiger partial charge in [0.1, 0.15) is 0 Å². The summed E-state index contributed by atoms with van der Waals surface area (Å²) in [5, 5.41) is 7.47. The Kier molecular flexibility index (Phi) is 5.54. The highest BCUT2D eigenvalue weighted by molar-refractivity contribution is 7.23. The first kappa shape index (κ1) is 23.3. The van der Waals surface area contributed by atoms with Crippen molar-refractivity contribution in [1.82, 2.24) is 9.97 Å². The lowest BCUT2D eigenvalue weighted by Gasteiger charge is -2.10. The van der Waals surface area contributed by atoms with E-state index >= 15 is 0 Å². The van der Waals surface area contributed by atoms with Crippen LogP contribution in [-0.2, 0) is 0 Å². The molecule has 0 aliphatic carbocycles. The molecule has 0 aliphatic heterocycles. The first-order chi connectivity index (χ1) is 19.8. The van der Waals surface area contributed by atoms with Crippen LogP contribution >= 0.6 is 22.7 Å². The first-order valence-corrected chi connectivity index (χ1v) is 14.9. The van der Waals surface area contributed by atoms with Gasteiger partial charge in [-0.15, -0.1) is 22.7 Å². The summed E-state index contributed by atoms with van der Waals surface area (Å²) in [4.78, 5) is 11.2. The molecule has 0 amide bonds. The lowest BCUT2D eigenvalue weighted by Crippen LogP contribution is -1.95. The van der Waals surface area contributed by atoms with E-state index in [0.717, 1.165) is 33.9 Å². The van der Waals surface area contributed by atoms with Crippen molar-refractivity contribution in [1.29, 1.82) is 0 Å². The summed E-state index contributed by atoms with van der Waals surface area (Å²) >= 11 is 3.69. The molecule has 0 fully saturated rings. The number of hydrogen-bond donors (Lipinski definition) is 0. The average Bonchev–Trinajstić information content (AvgIpc) is 3.69. The number of benzene rings is 5. The van der Waals surface area contributed by atoms with Gasteiger partial charge in [-0.05, 0) is 39.9 Å². The number of thiophene rings is 2. The molecule has 8 rings (SSSR count). The predicted molar refractivity (Wildman–Crippen MR) is 172 cm³/mol. The zero-order valence-electron chi connectivity index (χ0n) is 21.4. The number of nitrogens with zero attached hydrogens (tertiary/aromatic N) is 2. The zero-order valence-corrected chi connectivity index (χ0v) is 23.0. The molecule has 0 atom stereocenters. The topological polar surface area (TPSA) is 25.8 Å². The van der Waals surface area contributed by atoms with Crippen LogP contribution in [0.25, 0.3) is 75.3 Å². The molecular formula is C36H22N2S2. The highest BCUT2D eigenvalue weighted by atomic mass is 32.1. The van der Waals surface area contributed by atoms with Crippen molar-refractivity contribution in [3.8, 4) is 44.3 Å². The van der Waals surface area contributed by atoms with Gasteiger partial charge in [0, 0.05) is 41.7 Å². The van der Waals surface area contributed by atoms with E-state index in [4.69, 9.17) is 9.97 Å². The summed E-state index contributed by atoms with van der Waals surface area (Å²) in [5.41, 5.74) is 6.22. The van der Waals surface area contributed by atoms with E-state index < -0.39 is 0 Å². The SMILES string of the molecule is c1ccc(-c2cc(-c3ccc(-c4cc5ccc6c(ccc7ccsc76)c5s4)cc3)nc(-c3ccccc3)n2)cc1. The van der Waals surface area contributed by atoms with E-state index in [1.165, 1.54) is 41.4 Å². The normalized spacial score (nSPS) is 11.5. The van der Waals surface area contributed by atoms with E-state index in [9.17, 15) is 0 Å². The standard InChI is InChI=1S/C36H22N2S2/c1-3-7-23(8-4-1)31-22-32(38-36(37-31)27-9-5-2-6-10-27)24-11-13-25(14-12-24)33-21-28-16-18-29-30(35(28)40-33)17-15-26-19-20-39-34(26)29/h1-22H. The molecule has 3 aromatic heterocycles. The highest BCUT2D eigenvalue weighted by Crippen LogP contribution is 2.41. The molecule has 8 aromatic rings. The van der Waals surface area contributed by atoms with Crippen molar-refractivity contribution in [2.75, 3.05) is 0 Å². The van der Waals surface area contributed by atoms with E-state index in [0.29, 0.717) is 0 Å². The summed E-state index contributed by atoms with van der Waals surface area (Å²) in [6.07, 6.45) is 0. The van der Waals surface area contributed by atoms with Crippen LogP contribution in [0.1, 0.15) is 0 Å². The van der Waals surface area contributed by atoms with E-state index in [2.05, 4.69) is 96.4 Å². The molecular weight excluding hydrogens is 525 g/mol. The Bertz CT molecular complexity index is 2080. The van der Waals surface area contributed by atoms with Gasteiger partial charge in [-0.3, -0.25) is 0 Å². The van der Waals surface area contributed by atoms with Crippen molar-refractivity contribution in [3.05, 3.63) is 133 Å². The molecule has 3 heterocycles. The maximum atomic E-state index is 4.98. The summed E-state index contributed by atoms with van der Waals surface area (Å²) < 4.78 is 2.72. The van der Waals surface area contributed by atoms with Crippen LogP contribution in [0.4, 0.5) is 0 Å². The minimum absolute atomic E-state index is 0.734. The van der Waals surface area contributed by atoms with Crippen molar-refractivity contribution < 1.29 is 0 Å². The minimum atomic E-state index is 0.734. The van der Waals surface area contributed by atoms with Crippen LogP contribution in [0.5, 0.6) is 0 Å². The van der Waals surface area contributed by atoms with Gasteiger partial charge in [0.2, 0.25) is 0 Å². The van der Waals surface area contributed by atoms with Crippen molar-refractivity contribution in [2.24, 2.45) is 0 Å². The summed E-state index contributed by atoms with van der Waals surface area (Å²) in [5.74, 6) is 0.734. The van der Waals surface area contributed by atoms with Crippen molar-refractivity contribution >= 4 is 53.6 Å². The quantitative estimate of drug-likeness (QED) is 0.219. The van der Waals surface area contributed by atoms with Gasteiger partial charge in [-0.2, -0.15) is 0 Å². The minimum Gasteiger partial charge on any atom is -0.228 e. The molecule has 2 nitrogen and oxygen atoms in total. The molecule has 0 radical (unpaired) electrons. The second-order valence-electron chi connectivity index (χ2n) is 9.87. The lowest BCUT2D eigenvalue weighted by atomic mass is 10.0. The first-order valence-electron chi connectivity index (χ1n) is 13.2. The number of fused-ring (bicyclic) bond motifs is 5. The summed E-state index contributed by atoms with van der Waals surface area (Å²) in [7, 11) is 0. The summed E-state index contributed by atoms with van der Waals surface area (Å²) in [6.45, 7) is 0. The van der Waals surface area contributed by atoms with Gasteiger partial charge in [0.25, 0.3) is 0 Å². The van der Waals surface area contributed by atoms with Gasteiger partial charge < -0.3 is 0 Å². The fourth-order valence-corrected chi connectivity index (χ4v) is 7.47. The monoisotopic (exact) mass is 546 g/mol. The molecule has 0 saturated heterocycles. The number of aromatic nitrogens is 2. The second-order valence-corrected chi connectivity index (χ2v) is 11.8. The Morgan fingerprint density at radius 3 is 1.77 bits per heavy atom. The third kappa shape index (κ3) is 4.01. The van der Waals surface area contributed by atoms with Gasteiger partial charge in [0.05, 0.1) is 11.4 Å². The van der Waals surface area contributed by atoms with Crippen LogP contribution in [0.2, 0.25) is 0 Å². The van der Waals surface area contributed by atoms with Gasteiger partial charge >= 0.3 is 0 Å². The lowest BCUT2D eigenvalue weighted by molar-refractivity contribution is 1.18. The molecule has 0 unspecified atom stereocenters. The van der Waals surface area contributed by atoms with Crippen molar-refractivity contribution in [3.63, 3.8) is 0 Å². The molecule has 4 heteroatoms. The van der Waals surface area contributed by atoms with Gasteiger partial charge in [-0.1, -0.05) is 109 Å². The largest absolute Gasteiger partial charge is 0.228 e. The highest BCUT2D eigenvalue weighted by Gasteiger charge is 2.13. The molecule has 188 valence electrons. The molecule has 0 N–H and O–H groups in total. The molecule has 0 aliphatic rings. The Hall–Kier alpha value is -4.64. The van der Waals surface area contributed by atoms with Crippen molar-refractivity contribution in [2.45, 2.75) is 0 Å². The van der Waals surface area contributed by atoms with Gasteiger partial charge in [0.15, 0.2) is 5.82 Å². The Balaban J connectivity index is 1.20. The Morgan fingerprint density at radius 2 is 1.05 bits per heavy atom. The maximum absolute atomic E-state index is 4.98. The molecule has 5 aromatic carbocycles. The second kappa shape index (κ2) is 9.53. The molecule has 0 saturated carbocycles. The van der Waals surface area contributed by atoms with E-state index in [1.54, 1.807) is 0 Å². The third-order valence-corrected chi connectivity index (χ3v) is 9.58. The average molecular weight is 547 g/mol. The van der Waals surface area contributed by atoms with Crippen LogP contribution in [0.3, 0.4) is 0 Å². The molecule has 0 bridgehead atoms. The van der Waals surface area contributed by atoms with E-state index in [1.807, 2.05) is 59.1 Å². The van der Waals surface area contributed by atoms with Gasteiger partial charge in [-0.25, -0.2) is 9.97 Å². The predicted octanol–water partition coefficient (Wildman–Crippen LogP) is 10.7. The third-order valence-electron chi connectivity index (χ3n) is 7.39. The number of rotatable bonds is 4. The van der Waals surface area contributed by atoms with E-state index in [-0.39, 0.29) is 0 Å². The van der Waals surface area contributed by atoms with Crippen LogP contribution in [0.15, 0.2) is 133 Å². The maximum Gasteiger partial charge on any atom is 0.160 e. The molecule has 0 spiro atoms. The zero-order chi connectivity index (χ0) is 26.5. The fraction of sp³-hybridized carbons (Fsp3) is 0. The smallest absolute Gasteiger partial charge is 0.160 e. The van der Waals surface area contributed by atoms with Crippen LogP contribution in [0, 0.1) is 0 Å². The van der Waals surface area contributed by atoms with Crippen LogP contribution in [-0.4, -0.2) is 9.97 Å². The van der Waals surface area contributed by atoms with Crippen LogP contribution < -0.4 is 0 Å². The Labute approximate surface area is 239 Å². The fourth-order valence-electron chi connectivity index (χ4n) is 5.35. The summed E-state index contributed by atoms with van der Waals surface area (Å²) in [6, 6.07) is 45.0. The molecule has 40 heavy (non-hydrogen) atoms.